The van der Waals surface area contributed by atoms with E-state index in [0.717, 1.165) is 10.9 Å². The van der Waals surface area contributed by atoms with Crippen LogP contribution in [0.4, 0.5) is 10.6 Å². The predicted octanol–water partition coefficient (Wildman–Crippen LogP) is 1.75. The Labute approximate surface area is 102 Å². The van der Waals surface area contributed by atoms with E-state index in [1.807, 2.05) is 6.07 Å². The van der Waals surface area contributed by atoms with Crippen molar-refractivity contribution >= 4 is 27.8 Å². The maximum Gasteiger partial charge on any atom is 0.320 e. The van der Waals surface area contributed by atoms with Crippen LogP contribution < -0.4 is 10.6 Å². The van der Waals surface area contributed by atoms with E-state index in [2.05, 4.69) is 31.5 Å². The Bertz CT molecular complexity index is 380. The Balaban J connectivity index is 1.89. The molecule has 0 saturated carbocycles. The van der Waals surface area contributed by atoms with E-state index in [1.54, 1.807) is 12.3 Å². The third-order valence-corrected chi connectivity index (χ3v) is 2.90. The van der Waals surface area contributed by atoms with Gasteiger partial charge in [0.15, 0.2) is 0 Å². The average Bonchev–Trinajstić information content (AvgIpc) is 2.74. The third kappa shape index (κ3) is 2.93. The van der Waals surface area contributed by atoms with Crippen molar-refractivity contribution in [2.75, 3.05) is 18.5 Å². The van der Waals surface area contributed by atoms with Gasteiger partial charge in [0.05, 0.1) is 17.1 Å². The van der Waals surface area contributed by atoms with Crippen LogP contribution in [-0.2, 0) is 4.74 Å². The first kappa shape index (κ1) is 11.3. The highest BCUT2D eigenvalue weighted by Gasteiger charge is 2.18. The van der Waals surface area contributed by atoms with E-state index < -0.39 is 0 Å². The number of aromatic nitrogens is 1. The molecule has 1 fully saturated rings. The van der Waals surface area contributed by atoms with Gasteiger partial charge in [-0.05, 0) is 34.5 Å². The number of anilines is 1. The molecule has 2 rings (SSSR count). The molecule has 0 bridgehead atoms. The number of nitrogens with one attached hydrogen (secondary N) is 2. The quantitative estimate of drug-likeness (QED) is 0.870. The molecule has 0 spiro atoms. The van der Waals surface area contributed by atoms with Crippen molar-refractivity contribution in [1.82, 2.24) is 10.3 Å². The van der Waals surface area contributed by atoms with E-state index in [4.69, 9.17) is 4.74 Å². The van der Waals surface area contributed by atoms with Crippen LogP contribution in [0.5, 0.6) is 0 Å². The lowest BCUT2D eigenvalue weighted by Gasteiger charge is -2.11. The number of ether oxygens (including phenoxy) is 1. The molecule has 1 aromatic rings. The van der Waals surface area contributed by atoms with Gasteiger partial charge in [0.25, 0.3) is 0 Å². The fourth-order valence-corrected chi connectivity index (χ4v) is 1.81. The minimum atomic E-state index is -0.255. The molecule has 86 valence electrons. The Hall–Kier alpha value is -1.14. The van der Waals surface area contributed by atoms with Gasteiger partial charge in [-0.1, -0.05) is 0 Å². The molecule has 1 unspecified atom stereocenters. The van der Waals surface area contributed by atoms with Crippen LogP contribution in [0, 0.1) is 0 Å². The normalized spacial score (nSPS) is 19.4. The molecule has 1 aliphatic heterocycles. The van der Waals surface area contributed by atoms with Crippen molar-refractivity contribution < 1.29 is 9.53 Å². The number of pyridine rings is 1. The molecule has 1 atom stereocenters. The van der Waals surface area contributed by atoms with E-state index in [0.29, 0.717) is 19.0 Å². The van der Waals surface area contributed by atoms with Gasteiger partial charge in [0, 0.05) is 12.8 Å². The average molecular weight is 286 g/mol. The summed E-state index contributed by atoms with van der Waals surface area (Å²) < 4.78 is 5.92. The van der Waals surface area contributed by atoms with Crippen LogP contribution in [0.3, 0.4) is 0 Å². The summed E-state index contributed by atoms with van der Waals surface area (Å²) in [5.41, 5.74) is 0. The summed E-state index contributed by atoms with van der Waals surface area (Å²) in [7, 11) is 0. The predicted molar refractivity (Wildman–Crippen MR) is 63.3 cm³/mol. The van der Waals surface area contributed by atoms with Gasteiger partial charge in [-0.25, -0.2) is 9.78 Å². The molecular weight excluding hydrogens is 274 g/mol. The minimum Gasteiger partial charge on any atom is -0.379 e. The molecular formula is C10H12BrN3O2. The summed E-state index contributed by atoms with van der Waals surface area (Å²) in [4.78, 5) is 15.6. The zero-order valence-electron chi connectivity index (χ0n) is 8.57. The van der Waals surface area contributed by atoms with Gasteiger partial charge in [-0.2, -0.15) is 0 Å². The van der Waals surface area contributed by atoms with E-state index in [-0.39, 0.29) is 12.1 Å². The summed E-state index contributed by atoms with van der Waals surface area (Å²) in [5, 5.41) is 5.49. The smallest absolute Gasteiger partial charge is 0.320 e. The van der Waals surface area contributed by atoms with Gasteiger partial charge in [-0.3, -0.25) is 5.32 Å². The lowest BCUT2D eigenvalue weighted by molar-refractivity contribution is 0.189. The number of amides is 2. The van der Waals surface area contributed by atoms with E-state index in [1.165, 1.54) is 0 Å². The van der Waals surface area contributed by atoms with Crippen molar-refractivity contribution in [3.05, 3.63) is 22.8 Å². The van der Waals surface area contributed by atoms with Crippen molar-refractivity contribution in [3.63, 3.8) is 0 Å². The lowest BCUT2D eigenvalue weighted by atomic mass is 10.3. The van der Waals surface area contributed by atoms with Gasteiger partial charge >= 0.3 is 6.03 Å². The molecule has 2 amide bonds. The first-order valence-electron chi connectivity index (χ1n) is 5.01. The zero-order chi connectivity index (χ0) is 11.4. The molecule has 1 aromatic heterocycles. The lowest BCUT2D eigenvalue weighted by Crippen LogP contribution is -2.38. The van der Waals surface area contributed by atoms with Crippen molar-refractivity contribution in [3.8, 4) is 0 Å². The summed E-state index contributed by atoms with van der Waals surface area (Å²) in [6, 6.07) is 3.46. The maximum absolute atomic E-state index is 11.6. The summed E-state index contributed by atoms with van der Waals surface area (Å²) >= 11 is 3.31. The first-order valence-corrected chi connectivity index (χ1v) is 5.81. The molecule has 6 heteroatoms. The van der Waals surface area contributed by atoms with Crippen molar-refractivity contribution in [1.29, 1.82) is 0 Å². The van der Waals surface area contributed by atoms with Gasteiger partial charge in [0.1, 0.15) is 5.82 Å². The SMILES string of the molecule is O=C(Nc1ncccc1Br)NC1CCOC1. The third-order valence-electron chi connectivity index (χ3n) is 2.26. The van der Waals surface area contributed by atoms with Crippen LogP contribution >= 0.6 is 15.9 Å². The topological polar surface area (TPSA) is 63.2 Å². The molecule has 0 aromatic carbocycles. The van der Waals surface area contributed by atoms with Gasteiger partial charge in [0.2, 0.25) is 0 Å². The summed E-state index contributed by atoms with van der Waals surface area (Å²) in [6.07, 6.45) is 2.48. The number of rotatable bonds is 2. The maximum atomic E-state index is 11.6. The van der Waals surface area contributed by atoms with Crippen molar-refractivity contribution in [2.24, 2.45) is 0 Å². The summed E-state index contributed by atoms with van der Waals surface area (Å²) in [5.74, 6) is 0.513. The number of hydrogen-bond acceptors (Lipinski definition) is 3. The Morgan fingerprint density at radius 1 is 1.62 bits per heavy atom. The second kappa shape index (κ2) is 5.27. The van der Waals surface area contributed by atoms with Crippen molar-refractivity contribution in [2.45, 2.75) is 12.5 Å². The molecule has 2 heterocycles. The Kier molecular flexibility index (Phi) is 3.74. The number of halogens is 1. The zero-order valence-corrected chi connectivity index (χ0v) is 10.2. The number of hydrogen-bond donors (Lipinski definition) is 2. The monoisotopic (exact) mass is 285 g/mol. The van der Waals surface area contributed by atoms with Gasteiger partial charge < -0.3 is 10.1 Å². The number of carbonyl (C=O) groups is 1. The van der Waals surface area contributed by atoms with Crippen LogP contribution in [0.25, 0.3) is 0 Å². The van der Waals surface area contributed by atoms with Crippen LogP contribution in [-0.4, -0.2) is 30.3 Å². The molecule has 16 heavy (non-hydrogen) atoms. The molecule has 5 nitrogen and oxygen atoms in total. The van der Waals surface area contributed by atoms with Crippen LogP contribution in [0.15, 0.2) is 22.8 Å². The standard InChI is InChI=1S/C10H12BrN3O2/c11-8-2-1-4-12-9(8)14-10(15)13-7-3-5-16-6-7/h1-2,4,7H,3,5-6H2,(H2,12,13,14,15). The fourth-order valence-electron chi connectivity index (χ4n) is 1.46. The van der Waals surface area contributed by atoms with E-state index >= 15 is 0 Å². The van der Waals surface area contributed by atoms with Crippen LogP contribution in [0.2, 0.25) is 0 Å². The van der Waals surface area contributed by atoms with Gasteiger partial charge in [-0.15, -0.1) is 0 Å². The highest BCUT2D eigenvalue weighted by Crippen LogP contribution is 2.18. The fraction of sp³-hybridized carbons (Fsp3) is 0.400. The molecule has 2 N–H and O–H groups in total. The largest absolute Gasteiger partial charge is 0.379 e. The molecule has 1 saturated heterocycles. The Morgan fingerprint density at radius 2 is 2.50 bits per heavy atom. The number of urea groups is 1. The minimum absolute atomic E-state index is 0.0995. The second-order valence-electron chi connectivity index (χ2n) is 3.49. The second-order valence-corrected chi connectivity index (χ2v) is 4.35. The highest BCUT2D eigenvalue weighted by molar-refractivity contribution is 9.10. The number of carbonyl (C=O) groups excluding carboxylic acids is 1. The first-order chi connectivity index (χ1) is 7.75. The van der Waals surface area contributed by atoms with E-state index in [9.17, 15) is 4.79 Å². The highest BCUT2D eigenvalue weighted by atomic mass is 79.9. The Morgan fingerprint density at radius 3 is 3.19 bits per heavy atom. The number of nitrogens with zero attached hydrogens (tertiary/aromatic N) is 1. The molecule has 0 radical (unpaired) electrons. The molecule has 0 aliphatic carbocycles. The molecule has 1 aliphatic rings. The van der Waals surface area contributed by atoms with Crippen LogP contribution in [0.1, 0.15) is 6.42 Å². The summed E-state index contributed by atoms with van der Waals surface area (Å²) in [6.45, 7) is 1.29.